The third-order valence-electron chi connectivity index (χ3n) is 6.08. The summed E-state index contributed by atoms with van der Waals surface area (Å²) in [7, 11) is 1.73. The maximum atomic E-state index is 14.5. The SMILES string of the molecule is COCC(C)NC1CCC(Nc2cc(-c3cc(NCC4CC4)ncn3)c(F)cn2)CC1. The van der Waals surface area contributed by atoms with Crippen LogP contribution in [0.1, 0.15) is 45.4 Å². The lowest BCUT2D eigenvalue weighted by atomic mass is 9.90. The van der Waals surface area contributed by atoms with Gasteiger partial charge in [0.2, 0.25) is 0 Å². The highest BCUT2D eigenvalue weighted by Gasteiger charge is 2.23. The zero-order valence-corrected chi connectivity index (χ0v) is 18.4. The molecule has 3 N–H and O–H groups in total. The first-order chi connectivity index (χ1) is 15.1. The zero-order chi connectivity index (χ0) is 21.6. The van der Waals surface area contributed by atoms with Crippen molar-refractivity contribution in [1.29, 1.82) is 0 Å². The summed E-state index contributed by atoms with van der Waals surface area (Å²) in [4.78, 5) is 12.8. The third-order valence-corrected chi connectivity index (χ3v) is 6.08. The molecule has 1 unspecified atom stereocenters. The molecule has 168 valence electrons. The smallest absolute Gasteiger partial charge is 0.151 e. The van der Waals surface area contributed by atoms with E-state index in [1.807, 2.05) is 6.07 Å². The van der Waals surface area contributed by atoms with E-state index in [2.05, 4.69) is 37.8 Å². The quantitative estimate of drug-likeness (QED) is 0.530. The van der Waals surface area contributed by atoms with Crippen LogP contribution < -0.4 is 16.0 Å². The summed E-state index contributed by atoms with van der Waals surface area (Å²) >= 11 is 0. The van der Waals surface area contributed by atoms with Gasteiger partial charge < -0.3 is 20.7 Å². The summed E-state index contributed by atoms with van der Waals surface area (Å²) in [6.45, 7) is 3.78. The van der Waals surface area contributed by atoms with Crippen LogP contribution in [0, 0.1) is 11.7 Å². The number of pyridine rings is 1. The normalized spacial score (nSPS) is 22.2. The Morgan fingerprint density at radius 3 is 2.55 bits per heavy atom. The van der Waals surface area contributed by atoms with Gasteiger partial charge in [-0.15, -0.1) is 0 Å². The number of anilines is 2. The highest BCUT2D eigenvalue weighted by Crippen LogP contribution is 2.30. The average Bonchev–Trinajstić information content (AvgIpc) is 3.60. The molecule has 0 spiro atoms. The van der Waals surface area contributed by atoms with Gasteiger partial charge in [0.25, 0.3) is 0 Å². The van der Waals surface area contributed by atoms with Crippen molar-refractivity contribution in [3.63, 3.8) is 0 Å². The average molecular weight is 429 g/mol. The number of nitrogens with zero attached hydrogens (tertiary/aromatic N) is 3. The van der Waals surface area contributed by atoms with Crippen molar-refractivity contribution in [1.82, 2.24) is 20.3 Å². The summed E-state index contributed by atoms with van der Waals surface area (Å²) in [6.07, 6.45) is 9.59. The molecule has 2 aliphatic rings. The van der Waals surface area contributed by atoms with Gasteiger partial charge in [-0.3, -0.25) is 0 Å². The fraction of sp³-hybridized carbons (Fsp3) is 0.609. The van der Waals surface area contributed by atoms with E-state index < -0.39 is 0 Å². The molecule has 2 heterocycles. The van der Waals surface area contributed by atoms with Crippen LogP contribution in [0.25, 0.3) is 11.3 Å². The Balaban J connectivity index is 1.35. The Morgan fingerprint density at radius 1 is 1.03 bits per heavy atom. The summed E-state index contributed by atoms with van der Waals surface area (Å²) < 4.78 is 19.7. The lowest BCUT2D eigenvalue weighted by Crippen LogP contribution is -2.42. The largest absolute Gasteiger partial charge is 0.383 e. The third kappa shape index (κ3) is 6.33. The van der Waals surface area contributed by atoms with Crippen LogP contribution in [0.5, 0.6) is 0 Å². The Hall–Kier alpha value is -2.32. The number of hydrogen-bond acceptors (Lipinski definition) is 7. The van der Waals surface area contributed by atoms with Crippen molar-refractivity contribution in [3.8, 4) is 11.3 Å². The molecular formula is C23H33FN6O. The molecule has 0 saturated heterocycles. The minimum absolute atomic E-state index is 0.336. The van der Waals surface area contributed by atoms with Gasteiger partial charge in [0, 0.05) is 43.4 Å². The van der Waals surface area contributed by atoms with E-state index in [0.717, 1.165) is 50.6 Å². The molecule has 0 aromatic carbocycles. The highest BCUT2D eigenvalue weighted by atomic mass is 19.1. The van der Waals surface area contributed by atoms with E-state index in [-0.39, 0.29) is 5.82 Å². The predicted molar refractivity (Wildman–Crippen MR) is 121 cm³/mol. The van der Waals surface area contributed by atoms with Gasteiger partial charge in [0.1, 0.15) is 18.0 Å². The summed E-state index contributed by atoms with van der Waals surface area (Å²) in [5, 5.41) is 10.4. The number of nitrogens with one attached hydrogen (secondary N) is 3. The van der Waals surface area contributed by atoms with Gasteiger partial charge in [0.15, 0.2) is 5.82 Å². The predicted octanol–water partition coefficient (Wildman–Crippen LogP) is 3.85. The minimum Gasteiger partial charge on any atom is -0.383 e. The molecule has 2 aromatic heterocycles. The monoisotopic (exact) mass is 428 g/mol. The van der Waals surface area contributed by atoms with Crippen LogP contribution in [-0.2, 0) is 4.74 Å². The Bertz CT molecular complexity index is 854. The van der Waals surface area contributed by atoms with E-state index in [0.29, 0.717) is 35.2 Å². The maximum absolute atomic E-state index is 14.5. The molecule has 2 aliphatic carbocycles. The molecular weight excluding hydrogens is 395 g/mol. The first kappa shape index (κ1) is 21.9. The van der Waals surface area contributed by atoms with E-state index >= 15 is 0 Å². The zero-order valence-electron chi connectivity index (χ0n) is 18.4. The molecule has 0 radical (unpaired) electrons. The van der Waals surface area contributed by atoms with Crippen molar-refractivity contribution in [3.05, 3.63) is 30.5 Å². The van der Waals surface area contributed by atoms with Crippen molar-refractivity contribution in [2.24, 2.45) is 5.92 Å². The molecule has 4 rings (SSSR count). The Morgan fingerprint density at radius 2 is 1.81 bits per heavy atom. The van der Waals surface area contributed by atoms with E-state index in [4.69, 9.17) is 4.74 Å². The minimum atomic E-state index is -0.377. The maximum Gasteiger partial charge on any atom is 0.151 e. The standard InChI is InChI=1S/C23H33FN6O/c1-15(13-31-2)29-17-5-7-18(8-6-17)30-23-9-19(20(24)12-26-23)21-10-22(28-14-27-21)25-11-16-3-4-16/h9-10,12,14-18,29H,3-8,11,13H2,1-2H3,(H,26,30)(H,25,27,28). The van der Waals surface area contributed by atoms with Gasteiger partial charge >= 0.3 is 0 Å². The molecule has 0 aliphatic heterocycles. The second-order valence-electron chi connectivity index (χ2n) is 8.88. The second kappa shape index (κ2) is 10.3. The number of ether oxygens (including phenoxy) is 1. The first-order valence-electron chi connectivity index (χ1n) is 11.3. The fourth-order valence-corrected chi connectivity index (χ4v) is 4.20. The van der Waals surface area contributed by atoms with Crippen LogP contribution in [0.15, 0.2) is 24.7 Å². The van der Waals surface area contributed by atoms with Gasteiger partial charge in [-0.05, 0) is 57.4 Å². The molecule has 8 heteroatoms. The van der Waals surface area contributed by atoms with Gasteiger partial charge in [-0.25, -0.2) is 19.3 Å². The van der Waals surface area contributed by atoms with Crippen molar-refractivity contribution >= 4 is 11.6 Å². The topological polar surface area (TPSA) is 84.0 Å². The van der Waals surface area contributed by atoms with E-state index in [1.165, 1.54) is 25.4 Å². The Labute approximate surface area is 183 Å². The molecule has 0 amide bonds. The van der Waals surface area contributed by atoms with Crippen molar-refractivity contribution in [2.75, 3.05) is 30.9 Å². The van der Waals surface area contributed by atoms with Crippen LogP contribution in [0.3, 0.4) is 0 Å². The van der Waals surface area contributed by atoms with E-state index in [1.54, 1.807) is 13.2 Å². The van der Waals surface area contributed by atoms with Gasteiger partial charge in [-0.2, -0.15) is 0 Å². The summed E-state index contributed by atoms with van der Waals surface area (Å²) in [6, 6.07) is 4.78. The summed E-state index contributed by atoms with van der Waals surface area (Å²) in [5.74, 6) is 1.78. The van der Waals surface area contributed by atoms with Crippen LogP contribution >= 0.6 is 0 Å². The molecule has 0 bridgehead atoms. The highest BCUT2D eigenvalue weighted by molar-refractivity contribution is 5.65. The van der Waals surface area contributed by atoms with Crippen LogP contribution in [0.4, 0.5) is 16.0 Å². The number of hydrogen-bond donors (Lipinski definition) is 3. The van der Waals surface area contributed by atoms with Crippen LogP contribution in [-0.4, -0.2) is 53.3 Å². The van der Waals surface area contributed by atoms with E-state index in [9.17, 15) is 4.39 Å². The van der Waals surface area contributed by atoms with Gasteiger partial charge in [-0.1, -0.05) is 0 Å². The number of rotatable bonds is 10. The molecule has 2 fully saturated rings. The lowest BCUT2D eigenvalue weighted by Gasteiger charge is -2.31. The number of methoxy groups -OCH3 is 1. The van der Waals surface area contributed by atoms with Crippen molar-refractivity contribution in [2.45, 2.75) is 63.6 Å². The first-order valence-corrected chi connectivity index (χ1v) is 11.3. The summed E-state index contributed by atoms with van der Waals surface area (Å²) in [5.41, 5.74) is 1.01. The van der Waals surface area contributed by atoms with Crippen LogP contribution in [0.2, 0.25) is 0 Å². The number of aromatic nitrogens is 3. The number of halogens is 1. The Kier molecular flexibility index (Phi) is 7.29. The van der Waals surface area contributed by atoms with Crippen molar-refractivity contribution < 1.29 is 9.13 Å². The molecule has 7 nitrogen and oxygen atoms in total. The second-order valence-corrected chi connectivity index (χ2v) is 8.88. The molecule has 1 atom stereocenters. The molecule has 2 aromatic rings. The molecule has 31 heavy (non-hydrogen) atoms. The molecule has 2 saturated carbocycles. The lowest BCUT2D eigenvalue weighted by molar-refractivity contribution is 0.161. The van der Waals surface area contributed by atoms with Gasteiger partial charge in [0.05, 0.1) is 18.5 Å². The fourth-order valence-electron chi connectivity index (χ4n) is 4.20.